The van der Waals surface area contributed by atoms with E-state index in [2.05, 4.69) is 9.80 Å². The Morgan fingerprint density at radius 3 is 2.00 bits per heavy atom. The van der Waals surface area contributed by atoms with E-state index in [0.29, 0.717) is 6.42 Å². The summed E-state index contributed by atoms with van der Waals surface area (Å²) in [6.07, 6.45) is 0.433. The van der Waals surface area contributed by atoms with Gasteiger partial charge in [-0.1, -0.05) is 0 Å². The Morgan fingerprint density at radius 2 is 1.69 bits per heavy atom. The van der Waals surface area contributed by atoms with Crippen LogP contribution in [0.25, 0.3) is 0 Å². The number of likely N-dealkylation sites (N-methyl/N-ethyl adjacent to an activating group) is 2. The van der Waals surface area contributed by atoms with Crippen LogP contribution in [0.4, 0.5) is 0 Å². The molecule has 0 radical (unpaired) electrons. The van der Waals surface area contributed by atoms with Gasteiger partial charge < -0.3 is 14.5 Å². The SMILES string of the molecule is CN(C)CC(CC(=O)OC(C)(C)C)N(C)C. The zero-order valence-electron chi connectivity index (χ0n) is 11.7. The lowest BCUT2D eigenvalue weighted by Crippen LogP contribution is -2.40. The molecule has 0 aliphatic rings. The Morgan fingerprint density at radius 1 is 1.19 bits per heavy atom. The van der Waals surface area contributed by atoms with E-state index < -0.39 is 5.60 Å². The Hall–Kier alpha value is -0.610. The third kappa shape index (κ3) is 7.65. The fourth-order valence-corrected chi connectivity index (χ4v) is 1.41. The lowest BCUT2D eigenvalue weighted by atomic mass is 10.1. The van der Waals surface area contributed by atoms with Crippen molar-refractivity contribution in [2.45, 2.75) is 38.8 Å². The van der Waals surface area contributed by atoms with Crippen LogP contribution in [-0.2, 0) is 9.53 Å². The molecular weight excluding hydrogens is 204 g/mol. The molecule has 0 amide bonds. The van der Waals surface area contributed by atoms with Gasteiger partial charge in [0.25, 0.3) is 0 Å². The van der Waals surface area contributed by atoms with E-state index in [4.69, 9.17) is 4.74 Å². The Kier molecular flexibility index (Phi) is 5.97. The number of hydrogen-bond acceptors (Lipinski definition) is 4. The molecule has 0 saturated heterocycles. The summed E-state index contributed by atoms with van der Waals surface area (Å²) >= 11 is 0. The maximum Gasteiger partial charge on any atom is 0.307 e. The maximum absolute atomic E-state index is 11.7. The monoisotopic (exact) mass is 230 g/mol. The van der Waals surface area contributed by atoms with E-state index >= 15 is 0 Å². The fourth-order valence-electron chi connectivity index (χ4n) is 1.41. The van der Waals surface area contributed by atoms with Gasteiger partial charge in [-0.25, -0.2) is 0 Å². The van der Waals surface area contributed by atoms with E-state index in [1.54, 1.807) is 0 Å². The largest absolute Gasteiger partial charge is 0.460 e. The maximum atomic E-state index is 11.7. The van der Waals surface area contributed by atoms with E-state index in [-0.39, 0.29) is 12.0 Å². The van der Waals surface area contributed by atoms with Gasteiger partial charge in [0.1, 0.15) is 5.60 Å². The molecular formula is C12H26N2O2. The van der Waals surface area contributed by atoms with Crippen molar-refractivity contribution >= 4 is 5.97 Å². The molecule has 0 aromatic heterocycles. The molecule has 0 heterocycles. The topological polar surface area (TPSA) is 32.8 Å². The second-order valence-corrected chi connectivity index (χ2v) is 5.67. The van der Waals surface area contributed by atoms with Gasteiger partial charge in [0, 0.05) is 12.6 Å². The van der Waals surface area contributed by atoms with Crippen molar-refractivity contribution in [3.8, 4) is 0 Å². The zero-order valence-corrected chi connectivity index (χ0v) is 11.7. The first-order valence-corrected chi connectivity index (χ1v) is 5.65. The summed E-state index contributed by atoms with van der Waals surface area (Å²) in [5, 5.41) is 0. The second kappa shape index (κ2) is 6.21. The van der Waals surface area contributed by atoms with Crippen molar-refractivity contribution in [3.63, 3.8) is 0 Å². The van der Waals surface area contributed by atoms with Crippen LogP contribution in [0.2, 0.25) is 0 Å². The molecule has 0 spiro atoms. The normalized spacial score (nSPS) is 14.3. The molecule has 1 unspecified atom stereocenters. The quantitative estimate of drug-likeness (QED) is 0.665. The van der Waals surface area contributed by atoms with Crippen LogP contribution >= 0.6 is 0 Å². The lowest BCUT2D eigenvalue weighted by Gasteiger charge is -2.28. The Bertz CT molecular complexity index is 220. The zero-order chi connectivity index (χ0) is 12.9. The van der Waals surface area contributed by atoms with Gasteiger partial charge in [-0.3, -0.25) is 4.79 Å². The summed E-state index contributed by atoms with van der Waals surface area (Å²) in [6.45, 7) is 6.52. The van der Waals surface area contributed by atoms with Crippen LogP contribution in [0, 0.1) is 0 Å². The first kappa shape index (κ1) is 15.4. The molecule has 4 heteroatoms. The molecule has 1 atom stereocenters. The van der Waals surface area contributed by atoms with Gasteiger partial charge in [-0.15, -0.1) is 0 Å². The number of carbonyl (C=O) groups is 1. The summed E-state index contributed by atoms with van der Waals surface area (Å²) in [5.41, 5.74) is -0.397. The summed E-state index contributed by atoms with van der Waals surface area (Å²) in [5.74, 6) is -0.131. The second-order valence-electron chi connectivity index (χ2n) is 5.67. The van der Waals surface area contributed by atoms with Crippen LogP contribution in [0.15, 0.2) is 0 Å². The number of rotatable bonds is 5. The van der Waals surface area contributed by atoms with Gasteiger partial charge in [-0.2, -0.15) is 0 Å². The van der Waals surface area contributed by atoms with Crippen molar-refractivity contribution < 1.29 is 9.53 Å². The first-order valence-electron chi connectivity index (χ1n) is 5.65. The van der Waals surface area contributed by atoms with Crippen molar-refractivity contribution in [1.82, 2.24) is 9.80 Å². The number of esters is 1. The van der Waals surface area contributed by atoms with Crippen LogP contribution in [0.3, 0.4) is 0 Å². The molecule has 0 aliphatic heterocycles. The molecule has 0 aliphatic carbocycles. The highest BCUT2D eigenvalue weighted by Crippen LogP contribution is 2.11. The van der Waals surface area contributed by atoms with E-state index in [1.165, 1.54) is 0 Å². The summed E-state index contributed by atoms with van der Waals surface area (Å²) in [4.78, 5) is 15.8. The third-order valence-corrected chi connectivity index (χ3v) is 2.13. The van der Waals surface area contributed by atoms with Gasteiger partial charge in [0.05, 0.1) is 6.42 Å². The number of carbonyl (C=O) groups excluding carboxylic acids is 1. The smallest absolute Gasteiger partial charge is 0.307 e. The number of ether oxygens (including phenoxy) is 1. The standard InChI is InChI=1S/C12H26N2O2/c1-12(2,3)16-11(15)8-10(14(6)7)9-13(4)5/h10H,8-9H2,1-7H3. The molecule has 16 heavy (non-hydrogen) atoms. The highest BCUT2D eigenvalue weighted by Gasteiger charge is 2.22. The lowest BCUT2D eigenvalue weighted by molar-refractivity contribution is -0.156. The van der Waals surface area contributed by atoms with Crippen molar-refractivity contribution in [2.24, 2.45) is 0 Å². The summed E-state index contributed by atoms with van der Waals surface area (Å²) in [6, 6.07) is 0.199. The van der Waals surface area contributed by atoms with Gasteiger partial charge in [0.15, 0.2) is 0 Å². The van der Waals surface area contributed by atoms with Crippen molar-refractivity contribution in [1.29, 1.82) is 0 Å². The molecule has 0 bridgehead atoms. The number of nitrogens with zero attached hydrogens (tertiary/aromatic N) is 2. The minimum absolute atomic E-state index is 0.131. The van der Waals surface area contributed by atoms with Crippen LogP contribution in [0.1, 0.15) is 27.2 Å². The molecule has 0 fully saturated rings. The van der Waals surface area contributed by atoms with E-state index in [9.17, 15) is 4.79 Å². The molecule has 96 valence electrons. The van der Waals surface area contributed by atoms with E-state index in [0.717, 1.165) is 6.54 Å². The molecule has 4 nitrogen and oxygen atoms in total. The minimum Gasteiger partial charge on any atom is -0.460 e. The van der Waals surface area contributed by atoms with Crippen LogP contribution < -0.4 is 0 Å². The van der Waals surface area contributed by atoms with Crippen LogP contribution in [-0.4, -0.2) is 62.1 Å². The fraction of sp³-hybridized carbons (Fsp3) is 0.917. The van der Waals surface area contributed by atoms with Gasteiger partial charge >= 0.3 is 5.97 Å². The highest BCUT2D eigenvalue weighted by atomic mass is 16.6. The number of hydrogen-bond donors (Lipinski definition) is 0. The Balaban J connectivity index is 4.24. The Labute approximate surface area is 99.5 Å². The minimum atomic E-state index is -0.397. The van der Waals surface area contributed by atoms with Crippen LogP contribution in [0.5, 0.6) is 0 Å². The van der Waals surface area contributed by atoms with Gasteiger partial charge in [0.2, 0.25) is 0 Å². The predicted molar refractivity (Wildman–Crippen MR) is 66.5 cm³/mol. The summed E-state index contributed by atoms with van der Waals surface area (Å²) < 4.78 is 5.32. The molecule has 0 rings (SSSR count). The van der Waals surface area contributed by atoms with E-state index in [1.807, 2.05) is 49.0 Å². The van der Waals surface area contributed by atoms with Crippen molar-refractivity contribution in [2.75, 3.05) is 34.7 Å². The highest BCUT2D eigenvalue weighted by molar-refractivity contribution is 5.70. The average molecular weight is 230 g/mol. The molecule has 0 saturated carbocycles. The molecule has 0 aromatic carbocycles. The predicted octanol–water partition coefficient (Wildman–Crippen LogP) is 1.21. The summed E-state index contributed by atoms with van der Waals surface area (Å²) in [7, 11) is 7.98. The van der Waals surface area contributed by atoms with Crippen molar-refractivity contribution in [3.05, 3.63) is 0 Å². The average Bonchev–Trinajstić information content (AvgIpc) is 1.97. The first-order chi connectivity index (χ1) is 7.11. The molecule has 0 aromatic rings. The van der Waals surface area contributed by atoms with Gasteiger partial charge in [-0.05, 0) is 49.0 Å². The molecule has 0 N–H and O–H groups in total. The third-order valence-electron chi connectivity index (χ3n) is 2.13.